The topological polar surface area (TPSA) is 0 Å². The lowest BCUT2D eigenvalue weighted by Crippen LogP contribution is -2.10. The normalized spacial score (nSPS) is 30.8. The van der Waals surface area contributed by atoms with Gasteiger partial charge in [0, 0.05) is 0 Å². The molecule has 0 saturated heterocycles. The summed E-state index contributed by atoms with van der Waals surface area (Å²) in [6.07, 6.45) is 9.71. The third-order valence-corrected chi connectivity index (χ3v) is 3.35. The molecule has 2 saturated carbocycles. The van der Waals surface area contributed by atoms with Crippen molar-refractivity contribution < 1.29 is 0 Å². The number of hydrogen-bond acceptors (Lipinski definition) is 0. The molecular formula is C10H14. The molecular weight excluding hydrogens is 120 g/mol. The van der Waals surface area contributed by atoms with Crippen molar-refractivity contribution in [1.29, 1.82) is 0 Å². The van der Waals surface area contributed by atoms with Crippen LogP contribution in [0, 0.1) is 10.8 Å². The average Bonchev–Trinajstić information content (AvgIpc) is 2.84. The summed E-state index contributed by atoms with van der Waals surface area (Å²) in [5.41, 5.74) is 0.990. The average molecular weight is 134 g/mol. The van der Waals surface area contributed by atoms with Gasteiger partial charge in [-0.05, 0) is 36.5 Å². The highest BCUT2D eigenvalue weighted by Crippen LogP contribution is 2.71. The molecule has 0 nitrogen and oxygen atoms in total. The van der Waals surface area contributed by atoms with Crippen LogP contribution in [0.15, 0.2) is 25.3 Å². The van der Waals surface area contributed by atoms with Crippen LogP contribution in [0.25, 0.3) is 0 Å². The first kappa shape index (κ1) is 6.21. The molecule has 2 aliphatic carbocycles. The van der Waals surface area contributed by atoms with Gasteiger partial charge in [0.15, 0.2) is 0 Å². The smallest absolute Gasteiger partial charge is 0.00294 e. The van der Waals surface area contributed by atoms with Gasteiger partial charge in [-0.1, -0.05) is 12.2 Å². The van der Waals surface area contributed by atoms with Gasteiger partial charge in [-0.2, -0.15) is 0 Å². The molecule has 0 bridgehead atoms. The predicted octanol–water partition coefficient (Wildman–Crippen LogP) is 2.92. The molecule has 0 heteroatoms. The predicted molar refractivity (Wildman–Crippen MR) is 43.7 cm³/mol. The van der Waals surface area contributed by atoms with Crippen LogP contribution in [-0.2, 0) is 0 Å². The Bertz CT molecular complexity index is 158. The SMILES string of the molecule is C=CC1(C2(C=C)CC2)CC1. The second-order valence-corrected chi connectivity index (χ2v) is 3.72. The van der Waals surface area contributed by atoms with Crippen molar-refractivity contribution in [3.63, 3.8) is 0 Å². The van der Waals surface area contributed by atoms with E-state index >= 15 is 0 Å². The van der Waals surface area contributed by atoms with Gasteiger partial charge in [0.05, 0.1) is 0 Å². The first-order valence-electron chi connectivity index (χ1n) is 4.06. The van der Waals surface area contributed by atoms with E-state index < -0.39 is 0 Å². The van der Waals surface area contributed by atoms with Gasteiger partial charge in [-0.3, -0.25) is 0 Å². The Hall–Kier alpha value is -0.520. The first-order chi connectivity index (χ1) is 4.79. The zero-order chi connectivity index (χ0) is 7.24. The quantitative estimate of drug-likeness (QED) is 0.520. The van der Waals surface area contributed by atoms with Crippen LogP contribution in [0.1, 0.15) is 25.7 Å². The van der Waals surface area contributed by atoms with Crippen LogP contribution < -0.4 is 0 Å². The van der Waals surface area contributed by atoms with E-state index in [1.807, 2.05) is 0 Å². The lowest BCUT2D eigenvalue weighted by Gasteiger charge is -2.18. The summed E-state index contributed by atoms with van der Waals surface area (Å²) in [5, 5.41) is 0. The minimum Gasteiger partial charge on any atom is -0.102 e. The van der Waals surface area contributed by atoms with Crippen LogP contribution in [0.4, 0.5) is 0 Å². The van der Waals surface area contributed by atoms with E-state index in [2.05, 4.69) is 25.3 Å². The summed E-state index contributed by atoms with van der Waals surface area (Å²) in [4.78, 5) is 0. The molecule has 0 aromatic carbocycles. The summed E-state index contributed by atoms with van der Waals surface area (Å²) in [6, 6.07) is 0. The molecule has 2 aliphatic rings. The summed E-state index contributed by atoms with van der Waals surface area (Å²) < 4.78 is 0. The van der Waals surface area contributed by atoms with Crippen LogP contribution in [-0.4, -0.2) is 0 Å². The molecule has 0 amide bonds. The second kappa shape index (κ2) is 1.55. The molecule has 0 N–H and O–H groups in total. The highest BCUT2D eigenvalue weighted by Gasteiger charge is 2.61. The molecule has 10 heavy (non-hydrogen) atoms. The highest BCUT2D eigenvalue weighted by atomic mass is 14.6. The fraction of sp³-hybridized carbons (Fsp3) is 0.600. The van der Waals surface area contributed by atoms with Crippen LogP contribution in [0.3, 0.4) is 0 Å². The highest BCUT2D eigenvalue weighted by molar-refractivity contribution is 5.26. The van der Waals surface area contributed by atoms with Gasteiger partial charge in [-0.15, -0.1) is 13.2 Å². The minimum absolute atomic E-state index is 0.495. The summed E-state index contributed by atoms with van der Waals surface area (Å²) in [5.74, 6) is 0. The summed E-state index contributed by atoms with van der Waals surface area (Å²) >= 11 is 0. The fourth-order valence-electron chi connectivity index (χ4n) is 2.08. The molecule has 0 aliphatic heterocycles. The Morgan fingerprint density at radius 2 is 1.10 bits per heavy atom. The molecule has 0 unspecified atom stereocenters. The van der Waals surface area contributed by atoms with Crippen molar-refractivity contribution in [3.05, 3.63) is 25.3 Å². The maximum atomic E-state index is 3.90. The Morgan fingerprint density at radius 3 is 1.20 bits per heavy atom. The maximum absolute atomic E-state index is 3.90. The van der Waals surface area contributed by atoms with E-state index in [1.54, 1.807) is 0 Å². The van der Waals surface area contributed by atoms with E-state index in [-0.39, 0.29) is 0 Å². The van der Waals surface area contributed by atoms with Crippen LogP contribution >= 0.6 is 0 Å². The molecule has 0 atom stereocenters. The van der Waals surface area contributed by atoms with E-state index in [0.717, 1.165) is 0 Å². The molecule has 0 radical (unpaired) electrons. The van der Waals surface area contributed by atoms with Crippen molar-refractivity contribution in [2.24, 2.45) is 10.8 Å². The number of rotatable bonds is 3. The standard InChI is InChI=1S/C10H14/c1-3-9(5-6-9)10(4-2)7-8-10/h3-4H,1-2,5-8H2. The molecule has 0 heterocycles. The second-order valence-electron chi connectivity index (χ2n) is 3.72. The monoisotopic (exact) mass is 134 g/mol. The van der Waals surface area contributed by atoms with Gasteiger partial charge >= 0.3 is 0 Å². The van der Waals surface area contributed by atoms with Crippen molar-refractivity contribution >= 4 is 0 Å². The van der Waals surface area contributed by atoms with Gasteiger partial charge in [-0.25, -0.2) is 0 Å². The fourth-order valence-corrected chi connectivity index (χ4v) is 2.08. The number of allylic oxidation sites excluding steroid dienone is 2. The lowest BCUT2D eigenvalue weighted by atomic mass is 9.86. The van der Waals surface area contributed by atoms with E-state index in [0.29, 0.717) is 10.8 Å². The summed E-state index contributed by atoms with van der Waals surface area (Å²) in [6.45, 7) is 7.80. The van der Waals surface area contributed by atoms with Gasteiger partial charge in [0.2, 0.25) is 0 Å². The van der Waals surface area contributed by atoms with Crippen LogP contribution in [0.2, 0.25) is 0 Å². The molecule has 54 valence electrons. The Labute approximate surface area is 62.6 Å². The summed E-state index contributed by atoms with van der Waals surface area (Å²) in [7, 11) is 0. The Balaban J connectivity index is 2.24. The maximum Gasteiger partial charge on any atom is -0.00294 e. The zero-order valence-electron chi connectivity index (χ0n) is 6.40. The largest absolute Gasteiger partial charge is 0.102 e. The molecule has 0 aromatic heterocycles. The molecule has 2 fully saturated rings. The van der Waals surface area contributed by atoms with E-state index in [9.17, 15) is 0 Å². The van der Waals surface area contributed by atoms with Crippen molar-refractivity contribution in [2.45, 2.75) is 25.7 Å². The van der Waals surface area contributed by atoms with Gasteiger partial charge in [0.25, 0.3) is 0 Å². The zero-order valence-corrected chi connectivity index (χ0v) is 6.40. The van der Waals surface area contributed by atoms with Crippen molar-refractivity contribution in [3.8, 4) is 0 Å². The molecule has 2 rings (SSSR count). The first-order valence-corrected chi connectivity index (χ1v) is 4.06. The minimum atomic E-state index is 0.495. The third-order valence-electron chi connectivity index (χ3n) is 3.35. The lowest BCUT2D eigenvalue weighted by molar-refractivity contribution is 0.438. The van der Waals surface area contributed by atoms with E-state index in [4.69, 9.17) is 0 Å². The van der Waals surface area contributed by atoms with E-state index in [1.165, 1.54) is 25.7 Å². The van der Waals surface area contributed by atoms with Gasteiger partial charge < -0.3 is 0 Å². The van der Waals surface area contributed by atoms with Crippen molar-refractivity contribution in [1.82, 2.24) is 0 Å². The van der Waals surface area contributed by atoms with Crippen LogP contribution in [0.5, 0.6) is 0 Å². The van der Waals surface area contributed by atoms with Gasteiger partial charge in [0.1, 0.15) is 0 Å². The molecule has 0 aromatic rings. The third kappa shape index (κ3) is 0.524. The Morgan fingerprint density at radius 1 is 0.800 bits per heavy atom. The number of hydrogen-bond donors (Lipinski definition) is 0. The Kier molecular flexibility index (Phi) is 0.964. The van der Waals surface area contributed by atoms with Crippen molar-refractivity contribution in [2.75, 3.05) is 0 Å². The molecule has 0 spiro atoms.